The highest BCUT2D eigenvalue weighted by Gasteiger charge is 2.28. The van der Waals surface area contributed by atoms with Gasteiger partial charge in [0.25, 0.3) is 0 Å². The van der Waals surface area contributed by atoms with Gasteiger partial charge in [-0.3, -0.25) is 0 Å². The van der Waals surface area contributed by atoms with Crippen LogP contribution in [-0.4, -0.2) is 24.8 Å². The normalized spacial score (nSPS) is 25.8. The van der Waals surface area contributed by atoms with Gasteiger partial charge in [-0.1, -0.05) is 23.7 Å². The van der Waals surface area contributed by atoms with E-state index >= 15 is 0 Å². The van der Waals surface area contributed by atoms with Crippen molar-refractivity contribution in [2.45, 2.75) is 12.8 Å². The molecule has 0 radical (unpaired) electrons. The van der Waals surface area contributed by atoms with Crippen molar-refractivity contribution in [3.8, 4) is 0 Å². The second-order valence-corrected chi connectivity index (χ2v) is 4.64. The predicted octanol–water partition coefficient (Wildman–Crippen LogP) is 1.94. The van der Waals surface area contributed by atoms with E-state index in [0.29, 0.717) is 11.8 Å². The highest BCUT2D eigenvalue weighted by molar-refractivity contribution is 6.31. The van der Waals surface area contributed by atoms with E-state index in [9.17, 15) is 5.11 Å². The fraction of sp³-hybridized carbons (Fsp3) is 0.500. The number of hydrogen-bond donors (Lipinski definition) is 2. The van der Waals surface area contributed by atoms with Crippen molar-refractivity contribution < 1.29 is 5.11 Å². The Labute approximate surface area is 95.3 Å². The summed E-state index contributed by atoms with van der Waals surface area (Å²) in [5.41, 5.74) is 2.33. The largest absolute Gasteiger partial charge is 0.396 e. The number of nitrogens with one attached hydrogen (secondary N) is 1. The highest BCUT2D eigenvalue weighted by Crippen LogP contribution is 2.33. The summed E-state index contributed by atoms with van der Waals surface area (Å²) in [4.78, 5) is 0. The summed E-state index contributed by atoms with van der Waals surface area (Å²) in [6.45, 7) is 4.05. The zero-order chi connectivity index (χ0) is 10.8. The lowest BCUT2D eigenvalue weighted by Gasteiger charge is -2.18. The highest BCUT2D eigenvalue weighted by atomic mass is 35.5. The van der Waals surface area contributed by atoms with Crippen LogP contribution in [0.25, 0.3) is 0 Å². The fourth-order valence-corrected chi connectivity index (χ4v) is 2.60. The van der Waals surface area contributed by atoms with Crippen molar-refractivity contribution >= 4 is 11.6 Å². The Morgan fingerprint density at radius 2 is 2.27 bits per heavy atom. The van der Waals surface area contributed by atoms with Crippen molar-refractivity contribution in [3.05, 3.63) is 34.3 Å². The molecule has 0 spiro atoms. The van der Waals surface area contributed by atoms with E-state index in [1.165, 1.54) is 5.56 Å². The Kier molecular flexibility index (Phi) is 3.29. The molecule has 1 aromatic carbocycles. The van der Waals surface area contributed by atoms with Crippen LogP contribution in [0.1, 0.15) is 17.0 Å². The van der Waals surface area contributed by atoms with E-state index in [-0.39, 0.29) is 6.61 Å². The molecule has 1 aromatic rings. The molecule has 2 rings (SSSR count). The van der Waals surface area contributed by atoms with Crippen LogP contribution in [0, 0.1) is 12.8 Å². The van der Waals surface area contributed by atoms with Gasteiger partial charge in [0.05, 0.1) is 0 Å². The van der Waals surface area contributed by atoms with E-state index in [4.69, 9.17) is 11.6 Å². The molecule has 0 aliphatic carbocycles. The summed E-state index contributed by atoms with van der Waals surface area (Å²) in [6.07, 6.45) is 0. The van der Waals surface area contributed by atoms with Crippen LogP contribution in [0.4, 0.5) is 0 Å². The predicted molar refractivity (Wildman–Crippen MR) is 62.4 cm³/mol. The number of aliphatic hydroxyl groups excluding tert-OH is 1. The van der Waals surface area contributed by atoms with Gasteiger partial charge >= 0.3 is 0 Å². The van der Waals surface area contributed by atoms with Crippen molar-refractivity contribution in [1.29, 1.82) is 0 Å². The minimum atomic E-state index is 0.224. The minimum absolute atomic E-state index is 0.224. The molecule has 1 heterocycles. The maximum atomic E-state index is 9.26. The molecule has 0 bridgehead atoms. The van der Waals surface area contributed by atoms with E-state index in [1.54, 1.807) is 0 Å². The van der Waals surface area contributed by atoms with Gasteiger partial charge in [0, 0.05) is 36.6 Å². The van der Waals surface area contributed by atoms with Crippen LogP contribution < -0.4 is 5.32 Å². The zero-order valence-corrected chi connectivity index (χ0v) is 9.59. The van der Waals surface area contributed by atoms with E-state index in [0.717, 1.165) is 23.7 Å². The number of halogens is 1. The van der Waals surface area contributed by atoms with Gasteiger partial charge < -0.3 is 10.4 Å². The Morgan fingerprint density at radius 1 is 1.47 bits per heavy atom. The summed E-state index contributed by atoms with van der Waals surface area (Å²) in [5, 5.41) is 13.4. The van der Waals surface area contributed by atoms with Crippen LogP contribution in [0.2, 0.25) is 5.02 Å². The van der Waals surface area contributed by atoms with Gasteiger partial charge in [0.2, 0.25) is 0 Å². The smallest absolute Gasteiger partial charge is 0.0477 e. The molecular weight excluding hydrogens is 210 g/mol. The SMILES string of the molecule is Cc1ccc(C2CNCC2CO)c(Cl)c1. The molecule has 0 saturated carbocycles. The van der Waals surface area contributed by atoms with Gasteiger partial charge in [0.1, 0.15) is 0 Å². The molecule has 0 aromatic heterocycles. The van der Waals surface area contributed by atoms with Crippen LogP contribution in [-0.2, 0) is 0 Å². The lowest BCUT2D eigenvalue weighted by atomic mass is 9.89. The van der Waals surface area contributed by atoms with Gasteiger partial charge in [-0.25, -0.2) is 0 Å². The van der Waals surface area contributed by atoms with Crippen LogP contribution in [0.3, 0.4) is 0 Å². The number of aryl methyl sites for hydroxylation is 1. The monoisotopic (exact) mass is 225 g/mol. The molecule has 1 fully saturated rings. The number of benzene rings is 1. The quantitative estimate of drug-likeness (QED) is 0.807. The molecule has 1 aliphatic heterocycles. The second kappa shape index (κ2) is 4.52. The second-order valence-electron chi connectivity index (χ2n) is 4.23. The van der Waals surface area contributed by atoms with Crippen molar-refractivity contribution in [2.24, 2.45) is 5.92 Å². The fourth-order valence-electron chi connectivity index (χ4n) is 2.22. The molecule has 1 saturated heterocycles. The van der Waals surface area contributed by atoms with E-state index < -0.39 is 0 Å². The van der Waals surface area contributed by atoms with Crippen molar-refractivity contribution in [2.75, 3.05) is 19.7 Å². The lowest BCUT2D eigenvalue weighted by Crippen LogP contribution is -2.15. The van der Waals surface area contributed by atoms with Gasteiger partial charge in [-0.2, -0.15) is 0 Å². The maximum Gasteiger partial charge on any atom is 0.0477 e. The summed E-state index contributed by atoms with van der Waals surface area (Å²) >= 11 is 6.22. The van der Waals surface area contributed by atoms with Gasteiger partial charge in [-0.15, -0.1) is 0 Å². The van der Waals surface area contributed by atoms with Crippen LogP contribution in [0.15, 0.2) is 18.2 Å². The van der Waals surface area contributed by atoms with Crippen LogP contribution >= 0.6 is 11.6 Å². The Balaban J connectivity index is 2.28. The topological polar surface area (TPSA) is 32.3 Å². The molecule has 2 nitrogen and oxygen atoms in total. The number of hydrogen-bond acceptors (Lipinski definition) is 2. The molecule has 1 aliphatic rings. The standard InChI is InChI=1S/C12H16ClNO/c1-8-2-3-10(12(13)4-8)11-6-14-5-9(11)7-15/h2-4,9,11,14-15H,5-7H2,1H3. The Morgan fingerprint density at radius 3 is 2.93 bits per heavy atom. The molecule has 15 heavy (non-hydrogen) atoms. The first kappa shape index (κ1) is 10.9. The summed E-state index contributed by atoms with van der Waals surface area (Å²) in [5.74, 6) is 0.647. The van der Waals surface area contributed by atoms with Gasteiger partial charge in [-0.05, 0) is 24.1 Å². The van der Waals surface area contributed by atoms with Crippen molar-refractivity contribution in [1.82, 2.24) is 5.32 Å². The van der Waals surface area contributed by atoms with Gasteiger partial charge in [0.15, 0.2) is 0 Å². The summed E-state index contributed by atoms with van der Waals surface area (Å²) < 4.78 is 0. The average Bonchev–Trinajstić information content (AvgIpc) is 2.65. The molecule has 0 amide bonds. The molecule has 2 atom stereocenters. The third-order valence-corrected chi connectivity index (χ3v) is 3.46. The molecular formula is C12H16ClNO. The van der Waals surface area contributed by atoms with Crippen LogP contribution in [0.5, 0.6) is 0 Å². The molecule has 3 heteroatoms. The third-order valence-electron chi connectivity index (χ3n) is 3.13. The summed E-state index contributed by atoms with van der Waals surface area (Å²) in [7, 11) is 0. The van der Waals surface area contributed by atoms with E-state index in [2.05, 4.69) is 17.4 Å². The maximum absolute atomic E-state index is 9.26. The zero-order valence-electron chi connectivity index (χ0n) is 8.83. The van der Waals surface area contributed by atoms with E-state index in [1.807, 2.05) is 13.0 Å². The Bertz CT molecular complexity index is 353. The lowest BCUT2D eigenvalue weighted by molar-refractivity contribution is 0.226. The minimum Gasteiger partial charge on any atom is -0.396 e. The average molecular weight is 226 g/mol. The first-order valence-corrected chi connectivity index (χ1v) is 5.68. The molecule has 2 unspecified atom stereocenters. The number of rotatable bonds is 2. The first-order valence-electron chi connectivity index (χ1n) is 5.30. The third kappa shape index (κ3) is 2.17. The first-order chi connectivity index (χ1) is 7.22. The van der Waals surface area contributed by atoms with Crippen molar-refractivity contribution in [3.63, 3.8) is 0 Å². The molecule has 2 N–H and O–H groups in total. The molecule has 82 valence electrons. The number of aliphatic hydroxyl groups is 1. The summed E-state index contributed by atoms with van der Waals surface area (Å²) in [6, 6.07) is 6.15. The Hall–Kier alpha value is -0.570.